The first-order chi connectivity index (χ1) is 6.07. The van der Waals surface area contributed by atoms with Crippen molar-refractivity contribution in [3.8, 4) is 0 Å². The Morgan fingerprint density at radius 1 is 1.31 bits per heavy atom. The molecule has 1 heteroatoms. The molecule has 0 aromatic carbocycles. The van der Waals surface area contributed by atoms with E-state index in [-0.39, 0.29) is 0 Å². The maximum Gasteiger partial charge on any atom is 0.00507 e. The first-order valence-corrected chi connectivity index (χ1v) is 6.27. The molecule has 0 amide bonds. The van der Waals surface area contributed by atoms with Gasteiger partial charge in [0.25, 0.3) is 0 Å². The lowest BCUT2D eigenvalue weighted by atomic mass is 9.45. The lowest BCUT2D eigenvalue weighted by molar-refractivity contribution is -0.102. The van der Waals surface area contributed by atoms with Crippen LogP contribution in [0.15, 0.2) is 0 Å². The Hall–Kier alpha value is 0.350. The van der Waals surface area contributed by atoms with Gasteiger partial charge >= 0.3 is 0 Å². The van der Waals surface area contributed by atoms with Crippen LogP contribution < -0.4 is 0 Å². The summed E-state index contributed by atoms with van der Waals surface area (Å²) < 4.78 is 0. The molecule has 0 N–H and O–H groups in total. The minimum absolute atomic E-state index is 0.638. The predicted octanol–water partition coefficient (Wildman–Crippen LogP) is 3.77. The van der Waals surface area contributed by atoms with Crippen LogP contribution in [-0.2, 0) is 0 Å². The third kappa shape index (κ3) is 1.35. The van der Waals surface area contributed by atoms with Gasteiger partial charge in [-0.3, -0.25) is 0 Å². The number of thiol groups is 1. The van der Waals surface area contributed by atoms with Crippen molar-refractivity contribution in [2.24, 2.45) is 23.2 Å². The van der Waals surface area contributed by atoms with Gasteiger partial charge in [0.15, 0.2) is 0 Å². The van der Waals surface area contributed by atoms with E-state index in [2.05, 4.69) is 20.8 Å². The van der Waals surface area contributed by atoms with E-state index in [0.717, 1.165) is 17.8 Å². The molecule has 3 rings (SSSR count). The van der Waals surface area contributed by atoms with Crippen LogP contribution in [0.5, 0.6) is 0 Å². The molecule has 2 bridgehead atoms. The van der Waals surface area contributed by atoms with Gasteiger partial charge in [-0.15, -0.1) is 0 Å². The summed E-state index contributed by atoms with van der Waals surface area (Å²) >= 11 is 4.76. The van der Waals surface area contributed by atoms with Crippen LogP contribution in [0.4, 0.5) is 0 Å². The van der Waals surface area contributed by atoms with Gasteiger partial charge in [-0.1, -0.05) is 27.2 Å². The molecule has 0 aliphatic heterocycles. The predicted molar refractivity (Wildman–Crippen MR) is 61.2 cm³/mol. The summed E-state index contributed by atoms with van der Waals surface area (Å²) in [5.41, 5.74) is 0.638. The first kappa shape index (κ1) is 9.89. The normalized spacial score (nSPS) is 47.1. The molecule has 0 saturated heterocycles. The molecule has 3 fully saturated rings. The Kier molecular flexibility index (Phi) is 2.42. The van der Waals surface area contributed by atoms with Crippen LogP contribution in [0.2, 0.25) is 0 Å². The third-order valence-corrected chi connectivity index (χ3v) is 5.30. The molecule has 0 radical (unpaired) electrons. The van der Waals surface area contributed by atoms with Crippen LogP contribution in [-0.4, -0.2) is 5.25 Å². The van der Waals surface area contributed by atoms with Gasteiger partial charge in [0.1, 0.15) is 0 Å². The molecule has 3 saturated carbocycles. The molecule has 0 nitrogen and oxygen atoms in total. The summed E-state index contributed by atoms with van der Waals surface area (Å²) in [4.78, 5) is 0. The van der Waals surface area contributed by atoms with Gasteiger partial charge in [-0.2, -0.15) is 12.6 Å². The van der Waals surface area contributed by atoms with Crippen LogP contribution in [0.25, 0.3) is 0 Å². The van der Waals surface area contributed by atoms with Crippen molar-refractivity contribution in [2.75, 3.05) is 0 Å². The maximum absolute atomic E-state index is 4.76. The fraction of sp³-hybridized carbons (Fsp3) is 1.00. The van der Waals surface area contributed by atoms with E-state index in [4.69, 9.17) is 12.6 Å². The van der Waals surface area contributed by atoms with Gasteiger partial charge in [0.05, 0.1) is 0 Å². The van der Waals surface area contributed by atoms with E-state index >= 15 is 0 Å². The lowest BCUT2D eigenvalue weighted by Crippen LogP contribution is -2.56. The van der Waals surface area contributed by atoms with Crippen molar-refractivity contribution in [1.82, 2.24) is 0 Å². The molecule has 13 heavy (non-hydrogen) atoms. The summed E-state index contributed by atoms with van der Waals surface area (Å²) in [5, 5.41) is 0.705. The molecule has 0 heterocycles. The van der Waals surface area contributed by atoms with Crippen molar-refractivity contribution >= 4 is 12.6 Å². The average molecular weight is 198 g/mol. The van der Waals surface area contributed by atoms with Crippen molar-refractivity contribution in [1.29, 1.82) is 0 Å². The van der Waals surface area contributed by atoms with Gasteiger partial charge in [0, 0.05) is 5.25 Å². The summed E-state index contributed by atoms with van der Waals surface area (Å²) in [6.07, 6.45) is 5.60. The highest BCUT2D eigenvalue weighted by molar-refractivity contribution is 7.81. The Balaban J connectivity index is 2.08. The van der Waals surface area contributed by atoms with Crippen LogP contribution >= 0.6 is 12.6 Å². The van der Waals surface area contributed by atoms with Gasteiger partial charge in [-0.25, -0.2) is 0 Å². The Morgan fingerprint density at radius 2 is 2.00 bits per heavy atom. The smallest absolute Gasteiger partial charge is 0.00507 e. The highest BCUT2D eigenvalue weighted by Gasteiger charge is 2.56. The highest BCUT2D eigenvalue weighted by atomic mass is 32.1. The Labute approximate surface area is 87.9 Å². The van der Waals surface area contributed by atoms with E-state index < -0.39 is 0 Å². The van der Waals surface area contributed by atoms with Crippen molar-refractivity contribution in [3.63, 3.8) is 0 Å². The standard InChI is InChI=1S/C12H22S/c1-4-5-9-10-6-8(7-11(9)13)12(10,2)3/h8-11,13H,4-7H2,1-3H3. The Morgan fingerprint density at radius 3 is 2.54 bits per heavy atom. The van der Waals surface area contributed by atoms with E-state index in [1.165, 1.54) is 25.7 Å². The molecule has 4 atom stereocenters. The zero-order valence-electron chi connectivity index (χ0n) is 9.09. The quantitative estimate of drug-likeness (QED) is 0.642. The first-order valence-electron chi connectivity index (χ1n) is 5.75. The molecule has 76 valence electrons. The van der Waals surface area contributed by atoms with Gasteiger partial charge < -0.3 is 0 Å². The maximum atomic E-state index is 4.76. The number of hydrogen-bond acceptors (Lipinski definition) is 1. The molecule has 0 aromatic rings. The monoisotopic (exact) mass is 198 g/mol. The number of rotatable bonds is 2. The minimum Gasteiger partial charge on any atom is -0.176 e. The van der Waals surface area contributed by atoms with Crippen LogP contribution in [0.3, 0.4) is 0 Å². The summed E-state index contributed by atoms with van der Waals surface area (Å²) in [6, 6.07) is 0. The second-order valence-electron chi connectivity index (χ2n) is 5.62. The largest absolute Gasteiger partial charge is 0.176 e. The number of hydrogen-bond donors (Lipinski definition) is 1. The highest BCUT2D eigenvalue weighted by Crippen LogP contribution is 2.63. The molecule has 0 spiro atoms. The number of fused-ring (bicyclic) bond motifs is 2. The summed E-state index contributed by atoms with van der Waals surface area (Å²) in [7, 11) is 0. The Bertz CT molecular complexity index is 197. The molecular formula is C12H22S. The van der Waals surface area contributed by atoms with E-state index in [1.54, 1.807) is 0 Å². The second kappa shape index (κ2) is 3.18. The average Bonchev–Trinajstić information content (AvgIpc) is 2.08. The lowest BCUT2D eigenvalue weighted by Gasteiger charge is -2.62. The topological polar surface area (TPSA) is 0 Å². The fourth-order valence-electron chi connectivity index (χ4n) is 3.64. The zero-order valence-corrected chi connectivity index (χ0v) is 9.98. The van der Waals surface area contributed by atoms with Gasteiger partial charge in [-0.05, 0) is 42.4 Å². The van der Waals surface area contributed by atoms with Gasteiger partial charge in [0.2, 0.25) is 0 Å². The van der Waals surface area contributed by atoms with E-state index in [1.807, 2.05) is 0 Å². The van der Waals surface area contributed by atoms with Crippen molar-refractivity contribution in [3.05, 3.63) is 0 Å². The fourth-order valence-corrected chi connectivity index (χ4v) is 4.26. The van der Waals surface area contributed by atoms with E-state index in [0.29, 0.717) is 10.7 Å². The molecule has 0 aromatic heterocycles. The molecular weight excluding hydrogens is 176 g/mol. The second-order valence-corrected chi connectivity index (χ2v) is 6.28. The summed E-state index contributed by atoms with van der Waals surface area (Å²) in [5.74, 6) is 2.87. The van der Waals surface area contributed by atoms with Crippen LogP contribution in [0, 0.1) is 23.2 Å². The van der Waals surface area contributed by atoms with Crippen LogP contribution in [0.1, 0.15) is 46.5 Å². The molecule has 4 unspecified atom stereocenters. The SMILES string of the molecule is CCCC1C(S)CC2CC1C2(C)C. The zero-order chi connectivity index (χ0) is 9.64. The molecule has 3 aliphatic rings. The summed E-state index contributed by atoms with van der Waals surface area (Å²) in [6.45, 7) is 7.24. The van der Waals surface area contributed by atoms with Crippen molar-refractivity contribution < 1.29 is 0 Å². The molecule has 3 aliphatic carbocycles. The van der Waals surface area contributed by atoms with Crippen molar-refractivity contribution in [2.45, 2.75) is 51.7 Å². The minimum atomic E-state index is 0.638. The third-order valence-electron chi connectivity index (χ3n) is 4.71. The van der Waals surface area contributed by atoms with E-state index in [9.17, 15) is 0 Å².